The van der Waals surface area contributed by atoms with Gasteiger partial charge < -0.3 is 38.5 Å². The Morgan fingerprint density at radius 3 is 2.24 bits per heavy atom. The molecule has 0 amide bonds. The molecule has 4 rings (SSSR count). The fourth-order valence-electron chi connectivity index (χ4n) is 6.70. The molecule has 0 aliphatic carbocycles. The highest BCUT2D eigenvalue weighted by Gasteiger charge is 2.59. The number of ether oxygens (including phenoxy) is 7. The second-order valence-electron chi connectivity index (χ2n) is 14.6. The lowest BCUT2D eigenvalue weighted by atomic mass is 9.63. The molecule has 1 fully saturated rings. The van der Waals surface area contributed by atoms with Crippen LogP contribution >= 0.6 is 23.2 Å². The zero-order chi connectivity index (χ0) is 43.0. The Morgan fingerprint density at radius 2 is 1.61 bits per heavy atom. The summed E-state index contributed by atoms with van der Waals surface area (Å²) in [5.41, 5.74) is -1.41. The van der Waals surface area contributed by atoms with Crippen LogP contribution in [-0.2, 0) is 38.6 Å². The lowest BCUT2D eigenvalue weighted by molar-refractivity contribution is -0.148. The van der Waals surface area contributed by atoms with Crippen molar-refractivity contribution in [3.63, 3.8) is 0 Å². The number of nitriles is 1. The minimum Gasteiger partial charge on any atom is -0.495 e. The average molecular weight is 864 g/mol. The third kappa shape index (κ3) is 13.0. The van der Waals surface area contributed by atoms with Gasteiger partial charge in [-0.2, -0.15) is 5.26 Å². The zero-order valence-electron chi connectivity index (χ0n) is 33.7. The van der Waals surface area contributed by atoms with Crippen LogP contribution in [0.4, 0.5) is 14.5 Å². The van der Waals surface area contributed by atoms with Crippen molar-refractivity contribution in [3.05, 3.63) is 93.0 Å². The third-order valence-electron chi connectivity index (χ3n) is 9.30. The molecule has 1 heterocycles. The molecular weight excluding hydrogens is 813 g/mol. The lowest BCUT2D eigenvalue weighted by Gasteiger charge is -2.37. The van der Waals surface area contributed by atoms with E-state index in [0.717, 1.165) is 6.07 Å². The molecule has 3 aromatic rings. The first-order valence-electron chi connectivity index (χ1n) is 18.8. The van der Waals surface area contributed by atoms with Crippen LogP contribution < -0.4 is 15.4 Å². The number of benzene rings is 3. The van der Waals surface area contributed by atoms with Gasteiger partial charge in [0, 0.05) is 29.7 Å². The summed E-state index contributed by atoms with van der Waals surface area (Å²) in [6, 6.07) is 14.6. The quantitative estimate of drug-likeness (QED) is 0.0458. The maximum Gasteiger partial charge on any atom is 0.344 e. The van der Waals surface area contributed by atoms with E-state index in [9.17, 15) is 14.9 Å². The van der Waals surface area contributed by atoms with Crippen LogP contribution in [0.25, 0.3) is 0 Å². The summed E-state index contributed by atoms with van der Waals surface area (Å²) in [6.07, 6.45) is 0.776. The minimum atomic E-state index is -1.66. The van der Waals surface area contributed by atoms with Gasteiger partial charge >= 0.3 is 11.9 Å². The number of rotatable bonds is 22. The molecule has 2 N–H and O–H groups in total. The van der Waals surface area contributed by atoms with Crippen molar-refractivity contribution >= 4 is 47.2 Å². The third-order valence-corrected chi connectivity index (χ3v) is 9.83. The van der Waals surface area contributed by atoms with E-state index in [1.807, 2.05) is 20.8 Å². The van der Waals surface area contributed by atoms with Gasteiger partial charge in [-0.1, -0.05) is 62.2 Å². The number of anilines is 1. The second kappa shape index (κ2) is 22.8. The first kappa shape index (κ1) is 47.3. The Labute approximate surface area is 353 Å². The van der Waals surface area contributed by atoms with Crippen LogP contribution in [-0.4, -0.2) is 104 Å². The highest BCUT2D eigenvalue weighted by atomic mass is 35.5. The van der Waals surface area contributed by atoms with Crippen molar-refractivity contribution in [2.45, 2.75) is 50.7 Å². The van der Waals surface area contributed by atoms with E-state index in [0.29, 0.717) is 51.7 Å². The summed E-state index contributed by atoms with van der Waals surface area (Å²) >= 11 is 12.4. The molecule has 59 heavy (non-hydrogen) atoms. The molecule has 0 aromatic heterocycles. The topological polar surface area (TPSA) is 159 Å². The van der Waals surface area contributed by atoms with E-state index in [-0.39, 0.29) is 51.1 Å². The summed E-state index contributed by atoms with van der Waals surface area (Å²) in [5.74, 6) is -3.85. The Kier molecular flexibility index (Phi) is 18.3. The van der Waals surface area contributed by atoms with Crippen LogP contribution in [0.1, 0.15) is 54.6 Å². The number of carbonyl (C=O) groups is 2. The maximum absolute atomic E-state index is 16.0. The zero-order valence-corrected chi connectivity index (χ0v) is 35.2. The Hall–Kier alpha value is -4.40. The Balaban J connectivity index is 1.42. The molecule has 0 bridgehead atoms. The van der Waals surface area contributed by atoms with Crippen LogP contribution in [0.5, 0.6) is 5.75 Å². The number of carbonyl (C=O) groups excluding carboxylic acids is 2. The van der Waals surface area contributed by atoms with Crippen LogP contribution in [0, 0.1) is 28.4 Å². The lowest BCUT2D eigenvalue weighted by Crippen LogP contribution is -2.44. The number of aliphatic imine (C=N–C) groups is 1. The van der Waals surface area contributed by atoms with Gasteiger partial charge in [0.15, 0.2) is 6.61 Å². The van der Waals surface area contributed by atoms with Crippen molar-refractivity contribution < 1.29 is 51.5 Å². The predicted molar refractivity (Wildman–Crippen MR) is 218 cm³/mol. The number of esters is 2. The van der Waals surface area contributed by atoms with Gasteiger partial charge in [-0.15, -0.1) is 0 Å². The molecule has 1 saturated heterocycles. The van der Waals surface area contributed by atoms with Gasteiger partial charge in [-0.3, -0.25) is 10.3 Å². The minimum absolute atomic E-state index is 0.0375. The fourth-order valence-corrected chi connectivity index (χ4v) is 7.04. The summed E-state index contributed by atoms with van der Waals surface area (Å²) < 4.78 is 68.4. The van der Waals surface area contributed by atoms with Gasteiger partial charge in [0.1, 0.15) is 35.6 Å². The number of methoxy groups -OCH3 is 2. The molecule has 3 aromatic carbocycles. The summed E-state index contributed by atoms with van der Waals surface area (Å²) in [4.78, 5) is 29.7. The van der Waals surface area contributed by atoms with Crippen molar-refractivity contribution in [3.8, 4) is 11.8 Å². The highest BCUT2D eigenvalue weighted by Crippen LogP contribution is 2.53. The van der Waals surface area contributed by atoms with E-state index in [1.165, 1.54) is 55.9 Å². The van der Waals surface area contributed by atoms with Gasteiger partial charge in [-0.05, 0) is 53.8 Å². The van der Waals surface area contributed by atoms with E-state index in [2.05, 4.69) is 16.7 Å². The standard InChI is InChI=1S/C42H50Cl2F2N4O9/c1-41(2,3)23-35-42(25-47,30-11-10-28(43)22-32(30)45)37(29-7-6-8-31(44)38(29)46)39(50-35)49-26-48-33-12-9-27(21-34(33)54-5)40(52)59-24-36(51)58-20-19-57-18-17-56-16-15-55-14-13-53-4/h6-12,21-22,26,35,37,39,50H,13-20,23-24H2,1-5H3,(H,48,49)/t35-,37-,39+,42-/m0/s1. The largest absolute Gasteiger partial charge is 0.495 e. The van der Waals surface area contributed by atoms with Crippen molar-refractivity contribution in [1.82, 2.24) is 5.32 Å². The Morgan fingerprint density at radius 1 is 0.932 bits per heavy atom. The first-order chi connectivity index (χ1) is 28.2. The molecule has 4 atom stereocenters. The van der Waals surface area contributed by atoms with Crippen LogP contribution in [0.15, 0.2) is 59.6 Å². The van der Waals surface area contributed by atoms with Gasteiger partial charge in [0.25, 0.3) is 0 Å². The summed E-state index contributed by atoms with van der Waals surface area (Å²) in [7, 11) is 2.99. The number of nitrogens with one attached hydrogen (secondary N) is 2. The molecule has 1 aliphatic rings. The molecule has 0 radical (unpaired) electrons. The molecule has 0 saturated carbocycles. The molecule has 17 heteroatoms. The summed E-state index contributed by atoms with van der Waals surface area (Å²) in [5, 5.41) is 17.5. The molecule has 0 unspecified atom stereocenters. The van der Waals surface area contributed by atoms with E-state index in [4.69, 9.17) is 61.4 Å². The van der Waals surface area contributed by atoms with Gasteiger partial charge in [0.05, 0.1) is 82.0 Å². The second-order valence-corrected chi connectivity index (χ2v) is 15.5. The van der Waals surface area contributed by atoms with Gasteiger partial charge in [0.2, 0.25) is 0 Å². The van der Waals surface area contributed by atoms with Gasteiger partial charge in [-0.25, -0.2) is 18.4 Å². The maximum atomic E-state index is 16.0. The van der Waals surface area contributed by atoms with Crippen LogP contribution in [0.2, 0.25) is 10.0 Å². The smallest absolute Gasteiger partial charge is 0.344 e. The first-order valence-corrected chi connectivity index (χ1v) is 19.6. The van der Waals surface area contributed by atoms with E-state index in [1.54, 1.807) is 13.2 Å². The van der Waals surface area contributed by atoms with Crippen molar-refractivity contribution in [1.29, 1.82) is 5.26 Å². The average Bonchev–Trinajstić information content (AvgIpc) is 3.49. The number of halogens is 4. The molecular formula is C42H50Cl2F2N4O9. The SMILES string of the molecule is COCCOCCOCCOCCOC(=O)COC(=O)c1ccc(NC=N[C@@H]2N[C@@H](CC(C)(C)C)[C@](C#N)(c3ccc(Cl)cc3F)[C@H]2c2cccc(Cl)c2F)c(OC)c1. The molecule has 0 spiro atoms. The van der Waals surface area contributed by atoms with E-state index >= 15 is 8.78 Å². The normalized spacial score (nSPS) is 19.1. The molecule has 13 nitrogen and oxygen atoms in total. The van der Waals surface area contributed by atoms with E-state index < -0.39 is 53.7 Å². The summed E-state index contributed by atoms with van der Waals surface area (Å²) in [6.45, 7) is 7.96. The molecule has 1 aliphatic heterocycles. The van der Waals surface area contributed by atoms with Crippen LogP contribution in [0.3, 0.4) is 0 Å². The monoisotopic (exact) mass is 862 g/mol. The molecule has 320 valence electrons. The van der Waals surface area contributed by atoms with Crippen molar-refractivity contribution in [2.24, 2.45) is 10.4 Å². The highest BCUT2D eigenvalue weighted by molar-refractivity contribution is 6.31. The number of hydrogen-bond donors (Lipinski definition) is 2. The fraction of sp³-hybridized carbons (Fsp3) is 0.476. The number of nitrogens with zero attached hydrogens (tertiary/aromatic N) is 2. The predicted octanol–water partition coefficient (Wildman–Crippen LogP) is 7.10. The van der Waals surface area contributed by atoms with Crippen molar-refractivity contribution in [2.75, 3.05) is 79.0 Å². The Bertz CT molecular complexity index is 1940. The number of hydrogen-bond acceptors (Lipinski definition) is 12.